The Morgan fingerprint density at radius 1 is 0.927 bits per heavy atom. The number of hydrogen-bond acceptors (Lipinski definition) is 5. The van der Waals surface area contributed by atoms with E-state index in [4.69, 9.17) is 14.2 Å². The zero-order valence-corrected chi connectivity index (χ0v) is 23.7. The Bertz CT molecular complexity index is 1360. The average Bonchev–Trinajstić information content (AvgIpc) is 3.45. The summed E-state index contributed by atoms with van der Waals surface area (Å²) in [4.78, 5) is 14.8. The number of carbonyl (C=O) groups excluding carboxylic acids is 1. The maximum Gasteiger partial charge on any atom is 0.416 e. The highest BCUT2D eigenvalue weighted by atomic mass is 19.4. The van der Waals surface area contributed by atoms with E-state index in [1.54, 1.807) is 39.0 Å². The molecular formula is C33H36F3NO4. The Hall–Kier alpha value is -3.52. The van der Waals surface area contributed by atoms with Crippen molar-refractivity contribution in [2.24, 2.45) is 5.41 Å². The summed E-state index contributed by atoms with van der Waals surface area (Å²) in [5.41, 5.74) is 0.933. The van der Waals surface area contributed by atoms with Crippen LogP contribution in [0.4, 0.5) is 13.2 Å². The number of carbonyl (C=O) groups is 1. The minimum Gasteiger partial charge on any atom is -0.492 e. The second-order valence-electron chi connectivity index (χ2n) is 11.8. The molecule has 1 fully saturated rings. The number of hydrogen-bond donors (Lipinski definition) is 0. The Morgan fingerprint density at radius 3 is 2.32 bits per heavy atom. The molecule has 1 saturated heterocycles. The third kappa shape index (κ3) is 6.87. The number of benzene rings is 3. The van der Waals surface area contributed by atoms with E-state index < -0.39 is 17.2 Å². The number of nitrogens with zero attached hydrogens (tertiary/aromatic N) is 1. The normalized spacial score (nSPS) is 19.4. The molecular weight excluding hydrogens is 531 g/mol. The van der Waals surface area contributed by atoms with Crippen LogP contribution < -0.4 is 14.2 Å². The van der Waals surface area contributed by atoms with Crippen LogP contribution in [0, 0.1) is 5.41 Å². The van der Waals surface area contributed by atoms with Gasteiger partial charge in [-0.3, -0.25) is 9.69 Å². The molecule has 0 amide bonds. The summed E-state index contributed by atoms with van der Waals surface area (Å²) in [6, 6.07) is 18.5. The molecule has 0 N–H and O–H groups in total. The van der Waals surface area contributed by atoms with Crippen LogP contribution in [0.25, 0.3) is 0 Å². The standard InChI is InChI=1S/C33H36F3NO4/c1-32(2,3)31(38)41-26-13-14-27-29(20-26)40-21-28(23-7-6-8-24(19-23)33(34,35)36)30(27)22-9-11-25(12-10-22)39-18-17-37-15-4-5-16-37/h6-14,19-20,28,30H,4-5,15-18,21H2,1-3H3. The second-order valence-corrected chi connectivity index (χ2v) is 11.8. The molecule has 0 aromatic heterocycles. The Balaban J connectivity index is 1.44. The van der Waals surface area contributed by atoms with Crippen LogP contribution in [0.5, 0.6) is 17.2 Å². The quantitative estimate of drug-likeness (QED) is 0.219. The van der Waals surface area contributed by atoms with Crippen LogP contribution in [0.1, 0.15) is 67.7 Å². The predicted octanol–water partition coefficient (Wildman–Crippen LogP) is 7.44. The monoisotopic (exact) mass is 567 g/mol. The van der Waals surface area contributed by atoms with Gasteiger partial charge in [-0.05, 0) is 82.1 Å². The van der Waals surface area contributed by atoms with Gasteiger partial charge in [-0.25, -0.2) is 0 Å². The molecule has 2 aliphatic heterocycles. The maximum atomic E-state index is 13.6. The van der Waals surface area contributed by atoms with Gasteiger partial charge in [0.25, 0.3) is 0 Å². The molecule has 2 heterocycles. The van der Waals surface area contributed by atoms with Crippen LogP contribution >= 0.6 is 0 Å². The van der Waals surface area contributed by atoms with E-state index in [0.717, 1.165) is 42.6 Å². The highest BCUT2D eigenvalue weighted by Gasteiger charge is 2.36. The number of esters is 1. The van der Waals surface area contributed by atoms with E-state index in [0.29, 0.717) is 23.7 Å². The third-order valence-corrected chi connectivity index (χ3v) is 7.72. The molecule has 5 nitrogen and oxygen atoms in total. The van der Waals surface area contributed by atoms with Crippen molar-refractivity contribution in [2.45, 2.75) is 51.6 Å². The van der Waals surface area contributed by atoms with Crippen molar-refractivity contribution in [3.05, 3.63) is 89.0 Å². The minimum absolute atomic E-state index is 0.170. The van der Waals surface area contributed by atoms with Gasteiger partial charge in [0.2, 0.25) is 0 Å². The van der Waals surface area contributed by atoms with Crippen molar-refractivity contribution < 1.29 is 32.2 Å². The van der Waals surface area contributed by atoms with Crippen molar-refractivity contribution in [3.63, 3.8) is 0 Å². The van der Waals surface area contributed by atoms with Gasteiger partial charge in [0.05, 0.1) is 17.6 Å². The smallest absolute Gasteiger partial charge is 0.416 e. The Labute approximate surface area is 239 Å². The first-order valence-electron chi connectivity index (χ1n) is 14.1. The fraction of sp³-hybridized carbons (Fsp3) is 0.424. The summed E-state index contributed by atoms with van der Waals surface area (Å²) in [6.07, 6.45) is -1.98. The van der Waals surface area contributed by atoms with E-state index in [1.165, 1.54) is 25.0 Å². The molecule has 0 radical (unpaired) electrons. The van der Waals surface area contributed by atoms with Crippen molar-refractivity contribution in [1.29, 1.82) is 0 Å². The molecule has 2 aliphatic rings. The minimum atomic E-state index is -4.45. The molecule has 218 valence electrons. The lowest BCUT2D eigenvalue weighted by Gasteiger charge is -2.35. The zero-order chi connectivity index (χ0) is 29.2. The molecule has 3 aromatic carbocycles. The van der Waals surface area contributed by atoms with Crippen LogP contribution in [-0.4, -0.2) is 43.7 Å². The summed E-state index contributed by atoms with van der Waals surface area (Å²) >= 11 is 0. The van der Waals surface area contributed by atoms with Gasteiger partial charge in [0.15, 0.2) is 0 Å². The molecule has 0 aliphatic carbocycles. The summed E-state index contributed by atoms with van der Waals surface area (Å²) in [7, 11) is 0. The largest absolute Gasteiger partial charge is 0.492 e. The lowest BCUT2D eigenvalue weighted by Crippen LogP contribution is -2.27. The summed E-state index contributed by atoms with van der Waals surface area (Å²) < 4.78 is 58.4. The molecule has 2 unspecified atom stereocenters. The topological polar surface area (TPSA) is 48.0 Å². The van der Waals surface area contributed by atoms with E-state index >= 15 is 0 Å². The van der Waals surface area contributed by atoms with E-state index in [-0.39, 0.29) is 24.4 Å². The van der Waals surface area contributed by atoms with Crippen molar-refractivity contribution >= 4 is 5.97 Å². The molecule has 0 spiro atoms. The first kappa shape index (κ1) is 29.0. The summed E-state index contributed by atoms with van der Waals surface area (Å²) in [5, 5.41) is 0. The number of likely N-dealkylation sites (tertiary alicyclic amines) is 1. The van der Waals surface area contributed by atoms with Gasteiger partial charge in [0.1, 0.15) is 23.9 Å². The predicted molar refractivity (Wildman–Crippen MR) is 151 cm³/mol. The summed E-state index contributed by atoms with van der Waals surface area (Å²) in [5.74, 6) is 0.639. The number of fused-ring (bicyclic) bond motifs is 1. The van der Waals surface area contributed by atoms with Gasteiger partial charge < -0.3 is 14.2 Å². The SMILES string of the molecule is CC(C)(C)C(=O)Oc1ccc2c(c1)OCC(c1cccc(C(F)(F)F)c1)C2c1ccc(OCCN2CCCC2)cc1. The number of halogens is 3. The van der Waals surface area contributed by atoms with Gasteiger partial charge in [-0.15, -0.1) is 0 Å². The molecule has 2 atom stereocenters. The molecule has 0 bridgehead atoms. The maximum absolute atomic E-state index is 13.6. The molecule has 3 aromatic rings. The van der Waals surface area contributed by atoms with Crippen LogP contribution in [0.15, 0.2) is 66.7 Å². The zero-order valence-electron chi connectivity index (χ0n) is 23.7. The highest BCUT2D eigenvalue weighted by Crippen LogP contribution is 2.48. The van der Waals surface area contributed by atoms with Crippen molar-refractivity contribution in [3.8, 4) is 17.2 Å². The lowest BCUT2D eigenvalue weighted by molar-refractivity contribution is -0.143. The summed E-state index contributed by atoms with van der Waals surface area (Å²) in [6.45, 7) is 9.21. The van der Waals surface area contributed by atoms with Gasteiger partial charge >= 0.3 is 12.1 Å². The van der Waals surface area contributed by atoms with E-state index in [1.807, 2.05) is 30.3 Å². The van der Waals surface area contributed by atoms with Crippen LogP contribution in [0.3, 0.4) is 0 Å². The molecule has 5 rings (SSSR count). The lowest BCUT2D eigenvalue weighted by atomic mass is 9.75. The van der Waals surface area contributed by atoms with Crippen molar-refractivity contribution in [1.82, 2.24) is 4.90 Å². The average molecular weight is 568 g/mol. The Kier molecular flexibility index (Phi) is 8.32. The molecule has 8 heteroatoms. The van der Waals surface area contributed by atoms with Crippen LogP contribution in [0.2, 0.25) is 0 Å². The Morgan fingerprint density at radius 2 is 1.63 bits per heavy atom. The van der Waals surface area contributed by atoms with Gasteiger partial charge in [0, 0.05) is 30.0 Å². The first-order valence-corrected chi connectivity index (χ1v) is 14.1. The number of rotatable bonds is 7. The van der Waals surface area contributed by atoms with Crippen molar-refractivity contribution in [2.75, 3.05) is 32.8 Å². The van der Waals surface area contributed by atoms with E-state index in [2.05, 4.69) is 4.90 Å². The second kappa shape index (κ2) is 11.8. The third-order valence-electron chi connectivity index (χ3n) is 7.72. The fourth-order valence-electron chi connectivity index (χ4n) is 5.43. The van der Waals surface area contributed by atoms with E-state index in [9.17, 15) is 18.0 Å². The van der Waals surface area contributed by atoms with Crippen LogP contribution in [-0.2, 0) is 11.0 Å². The number of ether oxygens (including phenoxy) is 3. The molecule has 0 saturated carbocycles. The first-order chi connectivity index (χ1) is 19.5. The van der Waals surface area contributed by atoms with Gasteiger partial charge in [-0.1, -0.05) is 36.4 Å². The van der Waals surface area contributed by atoms with Gasteiger partial charge in [-0.2, -0.15) is 13.2 Å². The molecule has 41 heavy (non-hydrogen) atoms. The number of alkyl halides is 3. The fourth-order valence-corrected chi connectivity index (χ4v) is 5.43. The highest BCUT2D eigenvalue weighted by molar-refractivity contribution is 5.78.